The molecule has 0 saturated carbocycles. The number of carbonyl (C=O) groups excluding carboxylic acids is 4. The highest BCUT2D eigenvalue weighted by atomic mass is 16.6. The minimum atomic E-state index is -1.35. The van der Waals surface area contributed by atoms with Crippen LogP contribution in [-0.4, -0.2) is 47.4 Å². The third-order valence-electron chi connectivity index (χ3n) is 5.86. The number of nitrogens with two attached hydrogens (primary N) is 1. The van der Waals surface area contributed by atoms with Crippen molar-refractivity contribution in [1.29, 1.82) is 0 Å². The monoisotopic (exact) mass is 530 g/mol. The van der Waals surface area contributed by atoms with E-state index in [1.807, 2.05) is 42.5 Å². The third-order valence-corrected chi connectivity index (χ3v) is 5.86. The number of nitrogens with one attached hydrogen (secondary N) is 2. The van der Waals surface area contributed by atoms with Crippen LogP contribution >= 0.6 is 0 Å². The standard InChI is InChI=1S/C30H34N4O5/c1-6-19-10-9-13-22(16-19)26(27(36)32-23-15-14-20-11-7-8-12-21(20)17-23)34(5)28(37)24(18-25(31)35)33-29(38)39-30(2,3)4/h6-17,24,26H,1,18H2,2-5H3,(H2,31,35)(H,32,36)(H,33,38). The lowest BCUT2D eigenvalue weighted by molar-refractivity contribution is -0.140. The second-order valence-corrected chi connectivity index (χ2v) is 10.1. The number of fused-ring (bicyclic) bond motifs is 1. The third kappa shape index (κ3) is 7.91. The number of ether oxygens (including phenoxy) is 1. The molecule has 3 rings (SSSR count). The second kappa shape index (κ2) is 12.3. The average Bonchev–Trinajstić information content (AvgIpc) is 2.86. The van der Waals surface area contributed by atoms with Gasteiger partial charge in [0.15, 0.2) is 0 Å². The number of carbonyl (C=O) groups is 4. The Labute approximate surface area is 228 Å². The Morgan fingerprint density at radius 1 is 1.00 bits per heavy atom. The van der Waals surface area contributed by atoms with Gasteiger partial charge in [-0.15, -0.1) is 0 Å². The van der Waals surface area contributed by atoms with Crippen LogP contribution < -0.4 is 16.4 Å². The number of hydrogen-bond acceptors (Lipinski definition) is 5. The first-order chi connectivity index (χ1) is 18.4. The highest BCUT2D eigenvalue weighted by molar-refractivity contribution is 6.01. The predicted octanol–water partition coefficient (Wildman–Crippen LogP) is 4.39. The highest BCUT2D eigenvalue weighted by Crippen LogP contribution is 2.26. The van der Waals surface area contributed by atoms with Crippen LogP contribution in [0.2, 0.25) is 0 Å². The van der Waals surface area contributed by atoms with Crippen LogP contribution in [0.1, 0.15) is 44.4 Å². The summed E-state index contributed by atoms with van der Waals surface area (Å²) >= 11 is 0. The molecule has 0 radical (unpaired) electrons. The van der Waals surface area contributed by atoms with Gasteiger partial charge in [0.2, 0.25) is 11.8 Å². The predicted molar refractivity (Wildman–Crippen MR) is 152 cm³/mol. The van der Waals surface area contributed by atoms with Crippen LogP contribution in [0.3, 0.4) is 0 Å². The van der Waals surface area contributed by atoms with Crippen LogP contribution in [-0.2, 0) is 19.1 Å². The van der Waals surface area contributed by atoms with Crippen molar-refractivity contribution in [2.45, 2.75) is 44.9 Å². The van der Waals surface area contributed by atoms with Crippen molar-refractivity contribution < 1.29 is 23.9 Å². The Balaban J connectivity index is 1.95. The topological polar surface area (TPSA) is 131 Å². The number of likely N-dealkylation sites (N-methyl/N-ethyl adjacent to an activating group) is 1. The van der Waals surface area contributed by atoms with Crippen molar-refractivity contribution in [3.63, 3.8) is 0 Å². The molecular weight excluding hydrogens is 496 g/mol. The van der Waals surface area contributed by atoms with Crippen molar-refractivity contribution in [3.8, 4) is 0 Å². The molecule has 0 aliphatic rings. The normalized spacial score (nSPS) is 12.6. The first-order valence-electron chi connectivity index (χ1n) is 12.4. The number of amides is 4. The zero-order valence-electron chi connectivity index (χ0n) is 22.6. The molecule has 39 heavy (non-hydrogen) atoms. The quantitative estimate of drug-likeness (QED) is 0.378. The van der Waals surface area contributed by atoms with Gasteiger partial charge in [-0.1, -0.05) is 61.2 Å². The average molecular weight is 531 g/mol. The molecule has 2 atom stereocenters. The fourth-order valence-electron chi connectivity index (χ4n) is 4.11. The number of primary amides is 1. The van der Waals surface area contributed by atoms with Crippen molar-refractivity contribution in [1.82, 2.24) is 10.2 Å². The van der Waals surface area contributed by atoms with Crippen molar-refractivity contribution in [2.75, 3.05) is 12.4 Å². The van der Waals surface area contributed by atoms with Gasteiger partial charge in [-0.3, -0.25) is 14.4 Å². The minimum absolute atomic E-state index is 0.478. The van der Waals surface area contributed by atoms with Gasteiger partial charge in [0.1, 0.15) is 17.7 Å². The smallest absolute Gasteiger partial charge is 0.408 e. The summed E-state index contributed by atoms with van der Waals surface area (Å²) in [6, 6.07) is 17.8. The maximum Gasteiger partial charge on any atom is 0.408 e. The van der Waals surface area contributed by atoms with E-state index in [9.17, 15) is 19.2 Å². The van der Waals surface area contributed by atoms with E-state index in [0.717, 1.165) is 16.3 Å². The number of alkyl carbamates (subject to hydrolysis) is 1. The molecule has 4 amide bonds. The van der Waals surface area contributed by atoms with E-state index >= 15 is 0 Å². The number of anilines is 1. The number of nitrogens with zero attached hydrogens (tertiary/aromatic N) is 1. The Morgan fingerprint density at radius 2 is 1.69 bits per heavy atom. The van der Waals surface area contributed by atoms with E-state index < -0.39 is 47.9 Å². The Morgan fingerprint density at radius 3 is 2.33 bits per heavy atom. The van der Waals surface area contributed by atoms with Crippen LogP contribution in [0.5, 0.6) is 0 Å². The highest BCUT2D eigenvalue weighted by Gasteiger charge is 2.35. The van der Waals surface area contributed by atoms with Gasteiger partial charge < -0.3 is 26.0 Å². The number of rotatable bonds is 9. The lowest BCUT2D eigenvalue weighted by Crippen LogP contribution is -2.52. The van der Waals surface area contributed by atoms with Gasteiger partial charge in [-0.05, 0) is 60.9 Å². The van der Waals surface area contributed by atoms with Gasteiger partial charge >= 0.3 is 6.09 Å². The number of benzene rings is 3. The first kappa shape index (κ1) is 28.9. The molecule has 0 bridgehead atoms. The maximum absolute atomic E-state index is 13.7. The largest absolute Gasteiger partial charge is 0.444 e. The molecule has 4 N–H and O–H groups in total. The summed E-state index contributed by atoms with van der Waals surface area (Å²) in [6.07, 6.45) is 0.263. The van der Waals surface area contributed by atoms with Gasteiger partial charge in [-0.25, -0.2) is 4.79 Å². The molecular formula is C30H34N4O5. The van der Waals surface area contributed by atoms with E-state index in [-0.39, 0.29) is 0 Å². The second-order valence-electron chi connectivity index (χ2n) is 10.1. The molecule has 9 nitrogen and oxygen atoms in total. The Kier molecular flexibility index (Phi) is 9.08. The van der Waals surface area contributed by atoms with E-state index in [4.69, 9.17) is 10.5 Å². The molecule has 2 unspecified atom stereocenters. The minimum Gasteiger partial charge on any atom is -0.444 e. The van der Waals surface area contributed by atoms with Crippen LogP contribution in [0, 0.1) is 0 Å². The van der Waals surface area contributed by atoms with Gasteiger partial charge in [0.05, 0.1) is 6.42 Å². The van der Waals surface area contributed by atoms with Crippen LogP contribution in [0.4, 0.5) is 10.5 Å². The molecule has 0 heterocycles. The van der Waals surface area contributed by atoms with E-state index in [1.165, 1.54) is 11.9 Å². The lowest BCUT2D eigenvalue weighted by atomic mass is 10.0. The van der Waals surface area contributed by atoms with Gasteiger partial charge in [0.25, 0.3) is 5.91 Å². The molecule has 3 aromatic rings. The summed E-state index contributed by atoms with van der Waals surface area (Å²) in [6.45, 7) is 8.79. The summed E-state index contributed by atoms with van der Waals surface area (Å²) < 4.78 is 5.25. The molecule has 0 aromatic heterocycles. The maximum atomic E-state index is 13.7. The van der Waals surface area contributed by atoms with Crippen molar-refractivity contribution in [3.05, 3.63) is 84.4 Å². The van der Waals surface area contributed by atoms with Gasteiger partial charge in [0, 0.05) is 12.7 Å². The summed E-state index contributed by atoms with van der Waals surface area (Å²) in [4.78, 5) is 52.7. The Hall–Kier alpha value is -4.66. The molecule has 0 aliphatic heterocycles. The Bertz CT molecular complexity index is 1400. The van der Waals surface area contributed by atoms with Crippen LogP contribution in [0.25, 0.3) is 16.8 Å². The zero-order chi connectivity index (χ0) is 28.7. The SMILES string of the molecule is C=Cc1cccc(C(C(=O)Nc2ccc3ccccc3c2)N(C)C(=O)C(CC(N)=O)NC(=O)OC(C)(C)C)c1. The molecule has 0 spiro atoms. The molecule has 9 heteroatoms. The van der Waals surface area contributed by atoms with Crippen LogP contribution in [0.15, 0.2) is 73.3 Å². The lowest BCUT2D eigenvalue weighted by Gasteiger charge is -2.31. The van der Waals surface area contributed by atoms with E-state index in [1.54, 1.807) is 51.1 Å². The van der Waals surface area contributed by atoms with Crippen molar-refractivity contribution in [2.24, 2.45) is 5.73 Å². The molecule has 0 fully saturated rings. The zero-order valence-corrected chi connectivity index (χ0v) is 22.6. The molecule has 0 saturated heterocycles. The van der Waals surface area contributed by atoms with Gasteiger partial charge in [-0.2, -0.15) is 0 Å². The van der Waals surface area contributed by atoms with E-state index in [2.05, 4.69) is 17.2 Å². The summed E-state index contributed by atoms with van der Waals surface area (Å²) in [7, 11) is 1.43. The van der Waals surface area contributed by atoms with Crippen molar-refractivity contribution >= 4 is 46.4 Å². The first-order valence-corrected chi connectivity index (χ1v) is 12.4. The summed E-state index contributed by atoms with van der Waals surface area (Å²) in [5.74, 6) is -1.98. The summed E-state index contributed by atoms with van der Waals surface area (Å²) in [5, 5.41) is 7.27. The molecule has 3 aromatic carbocycles. The molecule has 204 valence electrons. The molecule has 0 aliphatic carbocycles. The fraction of sp³-hybridized carbons (Fsp3) is 0.267. The van der Waals surface area contributed by atoms with E-state index in [0.29, 0.717) is 11.3 Å². The summed E-state index contributed by atoms with van der Waals surface area (Å²) in [5.41, 5.74) is 6.35. The number of hydrogen-bond donors (Lipinski definition) is 3. The fourth-order valence-corrected chi connectivity index (χ4v) is 4.11.